The normalized spacial score (nSPS) is 16.2. The smallest absolute Gasteiger partial charge is 0.342 e. The Hall–Kier alpha value is -2.88. The maximum absolute atomic E-state index is 13.3. The van der Waals surface area contributed by atoms with E-state index < -0.39 is 26.3 Å². The summed E-state index contributed by atoms with van der Waals surface area (Å²) in [4.78, 5) is 17.4. The Balaban J connectivity index is 1.43. The number of rotatable bonds is 5. The second-order valence-electron chi connectivity index (χ2n) is 9.24. The highest BCUT2D eigenvalue weighted by atomic mass is 32.2. The molecule has 0 saturated carbocycles. The number of pyridine rings is 1. The Kier molecular flexibility index (Phi) is 6.22. The molecule has 4 rings (SSSR count). The van der Waals surface area contributed by atoms with Crippen molar-refractivity contribution in [2.75, 3.05) is 13.1 Å². The molecule has 3 aromatic rings. The van der Waals surface area contributed by atoms with Crippen LogP contribution in [0.4, 0.5) is 13.2 Å². The maximum atomic E-state index is 13.3. The summed E-state index contributed by atoms with van der Waals surface area (Å²) in [6.07, 6.45) is 0.253. The number of aromatic nitrogens is 2. The van der Waals surface area contributed by atoms with Crippen molar-refractivity contribution in [1.82, 2.24) is 9.88 Å². The average Bonchev–Trinajstić information content (AvgIpc) is 3.21. The van der Waals surface area contributed by atoms with Gasteiger partial charge in [0, 0.05) is 19.2 Å². The summed E-state index contributed by atoms with van der Waals surface area (Å²) in [5.41, 5.74) is 0.677. The molecule has 0 radical (unpaired) electrons. The summed E-state index contributed by atoms with van der Waals surface area (Å²) in [6.45, 7) is 3.93. The van der Waals surface area contributed by atoms with Crippen LogP contribution >= 0.6 is 0 Å². The van der Waals surface area contributed by atoms with Crippen molar-refractivity contribution in [2.24, 2.45) is 5.92 Å². The van der Waals surface area contributed by atoms with Gasteiger partial charge in [0.2, 0.25) is 5.91 Å². The fourth-order valence-electron chi connectivity index (χ4n) is 4.59. The first-order valence-electron chi connectivity index (χ1n) is 11.1. The molecule has 6 nitrogen and oxygen atoms in total. The monoisotopic (exact) mass is 494 g/mol. The van der Waals surface area contributed by atoms with Gasteiger partial charge in [-0.1, -0.05) is 12.1 Å². The summed E-state index contributed by atoms with van der Waals surface area (Å²) >= 11 is 0. The van der Waals surface area contributed by atoms with E-state index in [0.29, 0.717) is 32.0 Å². The van der Waals surface area contributed by atoms with E-state index in [9.17, 15) is 26.4 Å². The van der Waals surface area contributed by atoms with Crippen LogP contribution in [0.2, 0.25) is 0 Å². The van der Waals surface area contributed by atoms with Crippen LogP contribution in [0.25, 0.3) is 5.65 Å². The molecule has 2 aromatic heterocycles. The minimum atomic E-state index is -4.62. The summed E-state index contributed by atoms with van der Waals surface area (Å²) in [6, 6.07) is 9.60. The number of aromatic amines is 1. The summed E-state index contributed by atoms with van der Waals surface area (Å²) < 4.78 is 66.6. The lowest BCUT2D eigenvalue weighted by Gasteiger charge is -2.40. The molecule has 1 aromatic carbocycles. The van der Waals surface area contributed by atoms with Gasteiger partial charge >= 0.3 is 6.18 Å². The lowest BCUT2D eigenvalue weighted by molar-refractivity contribution is -0.510. The van der Waals surface area contributed by atoms with Crippen molar-refractivity contribution in [3.63, 3.8) is 0 Å². The summed E-state index contributed by atoms with van der Waals surface area (Å²) in [5.74, 6) is -0.344. The number of carbonyl (C=O) groups is 1. The number of piperidine rings is 1. The molecular weight excluding hydrogens is 467 g/mol. The third-order valence-electron chi connectivity index (χ3n) is 6.81. The minimum Gasteiger partial charge on any atom is -0.342 e. The molecule has 1 N–H and O–H groups in total. The van der Waals surface area contributed by atoms with Crippen molar-refractivity contribution in [2.45, 2.75) is 48.9 Å². The van der Waals surface area contributed by atoms with Gasteiger partial charge in [0.1, 0.15) is 6.20 Å². The van der Waals surface area contributed by atoms with E-state index in [1.165, 1.54) is 6.07 Å². The van der Waals surface area contributed by atoms with Gasteiger partial charge in [0.15, 0.2) is 15.5 Å². The summed E-state index contributed by atoms with van der Waals surface area (Å²) in [5, 5.41) is 0. The van der Waals surface area contributed by atoms with Gasteiger partial charge in [-0.3, -0.25) is 4.79 Å². The standard InChI is InChI=1S/C24H26F3N3O3S/c1-23(2,34(32,33)20-7-5-6-18(14-20)24(25,26)27)17-9-12-29(13-10-17)22(31)15-19-16-30-11-4-3-8-21(30)28-19/h3-8,11,14,16-17H,9-10,12-13,15H2,1-2H3/p+1. The molecule has 182 valence electrons. The van der Waals surface area contributed by atoms with Gasteiger partial charge < -0.3 is 4.90 Å². The maximum Gasteiger partial charge on any atom is 0.416 e. The highest BCUT2D eigenvalue weighted by Gasteiger charge is 2.45. The molecule has 3 heterocycles. The van der Waals surface area contributed by atoms with Crippen LogP contribution in [0.5, 0.6) is 0 Å². The van der Waals surface area contributed by atoms with Crippen molar-refractivity contribution in [3.8, 4) is 0 Å². The van der Waals surface area contributed by atoms with Crippen molar-refractivity contribution in [3.05, 3.63) is 66.1 Å². The van der Waals surface area contributed by atoms with Gasteiger partial charge in [-0.25, -0.2) is 17.8 Å². The fourth-order valence-corrected chi connectivity index (χ4v) is 6.41. The molecule has 34 heavy (non-hydrogen) atoms. The minimum absolute atomic E-state index is 0.0517. The Morgan fingerprint density at radius 2 is 1.82 bits per heavy atom. The van der Waals surface area contributed by atoms with Crippen LogP contribution in [0.15, 0.2) is 59.8 Å². The van der Waals surface area contributed by atoms with Crippen LogP contribution in [0.3, 0.4) is 0 Å². The number of hydrogen-bond acceptors (Lipinski definition) is 3. The van der Waals surface area contributed by atoms with Crippen LogP contribution in [-0.2, 0) is 27.2 Å². The largest absolute Gasteiger partial charge is 0.416 e. The van der Waals surface area contributed by atoms with E-state index in [2.05, 4.69) is 4.98 Å². The quantitative estimate of drug-likeness (QED) is 0.549. The first kappa shape index (κ1) is 24.3. The third-order valence-corrected chi connectivity index (χ3v) is 9.40. The molecule has 1 amide bonds. The second kappa shape index (κ2) is 8.72. The molecule has 0 aliphatic carbocycles. The number of likely N-dealkylation sites (tertiary alicyclic amines) is 1. The topological polar surface area (TPSA) is 74.3 Å². The number of H-pyrrole nitrogens is 1. The number of hydrogen-bond donors (Lipinski definition) is 1. The zero-order valence-corrected chi connectivity index (χ0v) is 19.8. The van der Waals surface area contributed by atoms with E-state index in [0.717, 1.165) is 23.5 Å². The number of carbonyl (C=O) groups excluding carboxylic acids is 1. The van der Waals surface area contributed by atoms with E-state index >= 15 is 0 Å². The highest BCUT2D eigenvalue weighted by molar-refractivity contribution is 7.92. The van der Waals surface area contributed by atoms with Gasteiger partial charge in [0.25, 0.3) is 5.65 Å². The van der Waals surface area contributed by atoms with E-state index in [1.54, 1.807) is 18.7 Å². The number of halogens is 3. The van der Waals surface area contributed by atoms with E-state index in [1.807, 2.05) is 35.0 Å². The lowest BCUT2D eigenvalue weighted by Crippen LogP contribution is -2.48. The van der Waals surface area contributed by atoms with E-state index in [-0.39, 0.29) is 23.1 Å². The number of benzene rings is 1. The Morgan fingerprint density at radius 3 is 2.47 bits per heavy atom. The van der Waals surface area contributed by atoms with Gasteiger partial charge in [0.05, 0.1) is 27.8 Å². The number of fused-ring (bicyclic) bond motifs is 1. The third kappa shape index (κ3) is 4.55. The zero-order valence-electron chi connectivity index (χ0n) is 19.0. The number of sulfone groups is 1. The molecule has 0 bridgehead atoms. The SMILES string of the molecule is CC(C)(C1CCN(C(=O)Cc2c[n+]3ccccc3[nH]2)CC1)S(=O)(=O)c1cccc(C(F)(F)F)c1. The molecule has 0 unspecified atom stereocenters. The zero-order chi connectivity index (χ0) is 24.7. The predicted molar refractivity (Wildman–Crippen MR) is 120 cm³/mol. The number of alkyl halides is 3. The number of amides is 1. The molecule has 0 atom stereocenters. The van der Waals surface area contributed by atoms with Gasteiger partial charge in [-0.15, -0.1) is 0 Å². The molecule has 1 saturated heterocycles. The molecule has 1 aliphatic heterocycles. The van der Waals surface area contributed by atoms with Crippen LogP contribution in [0, 0.1) is 5.92 Å². The van der Waals surface area contributed by atoms with Crippen molar-refractivity contribution < 1.29 is 30.8 Å². The van der Waals surface area contributed by atoms with Crippen LogP contribution in [-0.4, -0.2) is 42.0 Å². The van der Waals surface area contributed by atoms with Gasteiger partial charge in [-0.05, 0) is 56.9 Å². The predicted octanol–water partition coefficient (Wildman–Crippen LogP) is 3.81. The number of nitrogens with one attached hydrogen (secondary N) is 1. The van der Waals surface area contributed by atoms with Crippen LogP contribution in [0.1, 0.15) is 37.9 Å². The first-order chi connectivity index (χ1) is 15.9. The first-order valence-corrected chi connectivity index (χ1v) is 12.6. The van der Waals surface area contributed by atoms with Crippen molar-refractivity contribution >= 4 is 21.4 Å². The molecule has 0 spiro atoms. The molecular formula is C24H27F3N3O3S+. The molecule has 1 aliphatic rings. The Labute approximate surface area is 196 Å². The average molecular weight is 495 g/mol. The fraction of sp³-hybridized carbons (Fsp3) is 0.417. The highest BCUT2D eigenvalue weighted by Crippen LogP contribution is 2.39. The van der Waals surface area contributed by atoms with Crippen LogP contribution < -0.4 is 4.40 Å². The Bertz CT molecular complexity index is 1270. The van der Waals surface area contributed by atoms with Crippen molar-refractivity contribution in [1.29, 1.82) is 0 Å². The lowest BCUT2D eigenvalue weighted by atomic mass is 9.85. The van der Waals surface area contributed by atoms with Gasteiger partial charge in [-0.2, -0.15) is 13.2 Å². The Morgan fingerprint density at radius 1 is 1.12 bits per heavy atom. The molecule has 1 fully saturated rings. The molecule has 10 heteroatoms. The number of nitrogens with zero attached hydrogens (tertiary/aromatic N) is 2. The van der Waals surface area contributed by atoms with E-state index in [4.69, 9.17) is 0 Å². The second-order valence-corrected chi connectivity index (χ2v) is 11.8. The number of imidazole rings is 1. The summed E-state index contributed by atoms with van der Waals surface area (Å²) in [7, 11) is -4.03.